The molecule has 0 aliphatic heterocycles. The van der Waals surface area contributed by atoms with Crippen LogP contribution in [0.25, 0.3) is 0 Å². The van der Waals surface area contributed by atoms with Gasteiger partial charge >= 0.3 is 19.8 Å². The van der Waals surface area contributed by atoms with Gasteiger partial charge in [0.25, 0.3) is 0 Å². The number of hydrogen-bond acceptors (Lipinski definition) is 8. The summed E-state index contributed by atoms with van der Waals surface area (Å²) in [5, 5.41) is 0. The van der Waals surface area contributed by atoms with Crippen LogP contribution in [0.5, 0.6) is 0 Å². The number of ether oxygens (including phenoxy) is 2. The van der Waals surface area contributed by atoms with Crippen molar-refractivity contribution in [2.24, 2.45) is 5.73 Å². The van der Waals surface area contributed by atoms with Gasteiger partial charge in [-0.15, -0.1) is 0 Å². The number of carbonyl (C=O) groups is 2. The van der Waals surface area contributed by atoms with Crippen LogP contribution >= 0.6 is 7.82 Å². The van der Waals surface area contributed by atoms with Gasteiger partial charge in [0.05, 0.1) is 13.2 Å². The van der Waals surface area contributed by atoms with Crippen LogP contribution in [0, 0.1) is 0 Å². The fraction of sp³-hybridized carbons (Fsp3) is 0.957. The van der Waals surface area contributed by atoms with Crippen molar-refractivity contribution in [2.45, 2.75) is 258 Å². The molecule has 0 rings (SSSR count). The SMILES string of the molecule is CCCCCCCCCCCCCCCCCCCCCCCC(=O)O[C@H](COC(=O)CCCCCCCCCCCCCCCC)COP(=O)(O)OCCN. The Kier molecular flexibility index (Phi) is 42.8. The van der Waals surface area contributed by atoms with Crippen molar-refractivity contribution in [1.82, 2.24) is 0 Å². The van der Waals surface area contributed by atoms with Gasteiger partial charge in [0, 0.05) is 19.4 Å². The molecule has 0 fully saturated rings. The molecule has 0 aliphatic rings. The van der Waals surface area contributed by atoms with E-state index in [-0.39, 0.29) is 38.6 Å². The molecule has 2 atom stereocenters. The lowest BCUT2D eigenvalue weighted by molar-refractivity contribution is -0.161. The molecule has 0 spiro atoms. The zero-order chi connectivity index (χ0) is 41.1. The highest BCUT2D eigenvalue weighted by Crippen LogP contribution is 2.43. The quantitative estimate of drug-likeness (QED) is 0.0350. The minimum Gasteiger partial charge on any atom is -0.462 e. The van der Waals surface area contributed by atoms with Crippen molar-refractivity contribution in [3.63, 3.8) is 0 Å². The Labute approximate surface area is 346 Å². The smallest absolute Gasteiger partial charge is 0.462 e. The second kappa shape index (κ2) is 43.6. The van der Waals surface area contributed by atoms with E-state index in [1.54, 1.807) is 0 Å². The summed E-state index contributed by atoms with van der Waals surface area (Å²) in [7, 11) is -4.37. The van der Waals surface area contributed by atoms with Gasteiger partial charge in [-0.3, -0.25) is 18.6 Å². The van der Waals surface area contributed by atoms with Crippen LogP contribution in [0.3, 0.4) is 0 Å². The van der Waals surface area contributed by atoms with Crippen LogP contribution in [0.15, 0.2) is 0 Å². The highest BCUT2D eigenvalue weighted by atomic mass is 31.2. The second-order valence-electron chi connectivity index (χ2n) is 16.3. The molecule has 0 aromatic carbocycles. The molecule has 3 N–H and O–H groups in total. The number of rotatable bonds is 46. The standard InChI is InChI=1S/C46H92NO8P/c1-3-5-7-9-11-13-15-17-19-20-21-22-23-24-25-27-29-31-33-35-37-39-46(49)55-44(43-54-56(50,51)53-41-40-47)42-52-45(48)38-36-34-32-30-28-26-18-16-14-12-10-8-6-4-2/h44H,3-43,47H2,1-2H3,(H,50,51)/t44-/m1/s1. The summed E-state index contributed by atoms with van der Waals surface area (Å²) in [6.07, 6.45) is 44.2. The predicted octanol–water partition coefficient (Wildman–Crippen LogP) is 14.0. The number of unbranched alkanes of at least 4 members (excludes halogenated alkanes) is 33. The summed E-state index contributed by atoms with van der Waals surface area (Å²) >= 11 is 0. The number of esters is 2. The first-order valence-electron chi connectivity index (χ1n) is 24.0. The molecule has 0 saturated carbocycles. The first-order valence-corrected chi connectivity index (χ1v) is 25.5. The van der Waals surface area contributed by atoms with Gasteiger partial charge in [-0.25, -0.2) is 4.57 Å². The van der Waals surface area contributed by atoms with Gasteiger partial charge in [-0.05, 0) is 12.8 Å². The van der Waals surface area contributed by atoms with Crippen molar-refractivity contribution in [3.05, 3.63) is 0 Å². The van der Waals surface area contributed by atoms with Crippen molar-refractivity contribution >= 4 is 19.8 Å². The number of phosphoric ester groups is 1. The first-order chi connectivity index (χ1) is 27.3. The monoisotopic (exact) mass is 818 g/mol. The molecule has 10 heteroatoms. The molecule has 56 heavy (non-hydrogen) atoms. The molecule has 0 bridgehead atoms. The van der Waals surface area contributed by atoms with E-state index in [1.807, 2.05) is 0 Å². The van der Waals surface area contributed by atoms with E-state index in [1.165, 1.54) is 186 Å². The average Bonchev–Trinajstić information content (AvgIpc) is 3.18. The molecule has 9 nitrogen and oxygen atoms in total. The molecule has 0 aromatic rings. The van der Waals surface area contributed by atoms with E-state index in [0.717, 1.165) is 32.1 Å². The zero-order valence-corrected chi connectivity index (χ0v) is 37.8. The zero-order valence-electron chi connectivity index (χ0n) is 36.9. The van der Waals surface area contributed by atoms with E-state index >= 15 is 0 Å². The third-order valence-corrected chi connectivity index (χ3v) is 11.7. The largest absolute Gasteiger partial charge is 0.472 e. The van der Waals surface area contributed by atoms with Gasteiger partial charge in [-0.1, -0.05) is 226 Å². The van der Waals surface area contributed by atoms with Gasteiger partial charge < -0.3 is 20.1 Å². The van der Waals surface area contributed by atoms with Gasteiger partial charge in [0.1, 0.15) is 6.61 Å². The van der Waals surface area contributed by atoms with Gasteiger partial charge in [0.2, 0.25) is 0 Å². The Bertz CT molecular complexity index is 891. The normalized spacial score (nSPS) is 13.1. The number of phosphoric acid groups is 1. The third kappa shape index (κ3) is 42.6. The van der Waals surface area contributed by atoms with Crippen molar-refractivity contribution < 1.29 is 37.6 Å². The summed E-state index contributed by atoms with van der Waals surface area (Å²) in [6.45, 7) is 3.79. The summed E-state index contributed by atoms with van der Waals surface area (Å²) in [4.78, 5) is 34.9. The van der Waals surface area contributed by atoms with E-state index in [2.05, 4.69) is 13.8 Å². The predicted molar refractivity (Wildman–Crippen MR) is 234 cm³/mol. The van der Waals surface area contributed by atoms with E-state index < -0.39 is 26.5 Å². The highest BCUT2D eigenvalue weighted by molar-refractivity contribution is 7.47. The maximum absolute atomic E-state index is 12.6. The van der Waals surface area contributed by atoms with Crippen LogP contribution in [0.2, 0.25) is 0 Å². The molecular formula is C46H92NO8P. The molecule has 0 amide bonds. The van der Waals surface area contributed by atoms with E-state index in [0.29, 0.717) is 6.42 Å². The van der Waals surface area contributed by atoms with E-state index in [4.69, 9.17) is 24.3 Å². The number of hydrogen-bond donors (Lipinski definition) is 2. The van der Waals surface area contributed by atoms with Gasteiger partial charge in [-0.2, -0.15) is 0 Å². The Hall–Kier alpha value is -0.990. The summed E-state index contributed by atoms with van der Waals surface area (Å²) in [6, 6.07) is 0. The minimum atomic E-state index is -4.37. The fourth-order valence-electron chi connectivity index (χ4n) is 7.17. The molecule has 0 heterocycles. The number of carbonyl (C=O) groups excluding carboxylic acids is 2. The average molecular weight is 818 g/mol. The van der Waals surface area contributed by atoms with Crippen LogP contribution in [-0.2, 0) is 32.7 Å². The van der Waals surface area contributed by atoms with Crippen LogP contribution in [-0.4, -0.2) is 49.3 Å². The molecule has 0 saturated heterocycles. The van der Waals surface area contributed by atoms with E-state index in [9.17, 15) is 19.0 Å². The Morgan fingerprint density at radius 2 is 0.768 bits per heavy atom. The van der Waals surface area contributed by atoms with Crippen molar-refractivity contribution in [1.29, 1.82) is 0 Å². The van der Waals surface area contributed by atoms with Crippen LogP contribution in [0.4, 0.5) is 0 Å². The molecule has 1 unspecified atom stereocenters. The maximum atomic E-state index is 12.6. The van der Waals surface area contributed by atoms with Crippen LogP contribution < -0.4 is 5.73 Å². The van der Waals surface area contributed by atoms with Crippen molar-refractivity contribution in [3.8, 4) is 0 Å². The molecule has 334 valence electrons. The summed E-state index contributed by atoms with van der Waals surface area (Å²) in [5.74, 6) is -0.809. The Morgan fingerprint density at radius 1 is 0.464 bits per heavy atom. The lowest BCUT2D eigenvalue weighted by atomic mass is 10.0. The Balaban J connectivity index is 4.01. The summed E-state index contributed by atoms with van der Waals surface area (Å²) in [5.41, 5.74) is 5.36. The second-order valence-corrected chi connectivity index (χ2v) is 17.8. The van der Waals surface area contributed by atoms with Crippen molar-refractivity contribution in [2.75, 3.05) is 26.4 Å². The lowest BCUT2D eigenvalue weighted by Gasteiger charge is -2.19. The molecule has 0 aliphatic carbocycles. The van der Waals surface area contributed by atoms with Crippen LogP contribution in [0.1, 0.15) is 251 Å². The fourth-order valence-corrected chi connectivity index (χ4v) is 7.93. The topological polar surface area (TPSA) is 134 Å². The molecule has 0 radical (unpaired) electrons. The summed E-state index contributed by atoms with van der Waals surface area (Å²) < 4.78 is 32.9. The number of nitrogens with two attached hydrogens (primary N) is 1. The van der Waals surface area contributed by atoms with Gasteiger partial charge in [0.15, 0.2) is 6.10 Å². The molecular weight excluding hydrogens is 725 g/mol. The maximum Gasteiger partial charge on any atom is 0.472 e. The third-order valence-electron chi connectivity index (χ3n) is 10.7. The Morgan fingerprint density at radius 3 is 1.09 bits per heavy atom. The highest BCUT2D eigenvalue weighted by Gasteiger charge is 2.26. The first kappa shape index (κ1) is 55.0. The molecule has 0 aromatic heterocycles. The lowest BCUT2D eigenvalue weighted by Crippen LogP contribution is -2.29. The minimum absolute atomic E-state index is 0.0582.